The van der Waals surface area contributed by atoms with Crippen molar-refractivity contribution in [1.82, 2.24) is 9.97 Å². The van der Waals surface area contributed by atoms with Crippen molar-refractivity contribution in [3.63, 3.8) is 0 Å². The van der Waals surface area contributed by atoms with E-state index in [1.807, 2.05) is 24.3 Å². The molecule has 0 aliphatic carbocycles. The number of hydrogen-bond donors (Lipinski definition) is 2. The number of carbonyl (C=O) groups is 1. The Morgan fingerprint density at radius 3 is 2.72 bits per heavy atom. The number of imidazole rings is 1. The van der Waals surface area contributed by atoms with E-state index in [0.29, 0.717) is 6.42 Å². The maximum Gasteiger partial charge on any atom is 0.224 e. The SMILES string of the molecule is CCCCC(=O)Nc1ccc(-c2cnc[nH]2)cc1. The number of aromatic nitrogens is 2. The third-order valence-electron chi connectivity index (χ3n) is 2.74. The quantitative estimate of drug-likeness (QED) is 0.847. The standard InChI is InChI=1S/C14H17N3O/c1-2-3-4-14(18)17-12-7-5-11(6-8-12)13-9-15-10-16-13/h5-10H,2-4H2,1H3,(H,15,16)(H,17,18). The second-order valence-corrected chi connectivity index (χ2v) is 4.19. The summed E-state index contributed by atoms with van der Waals surface area (Å²) in [6.45, 7) is 2.08. The van der Waals surface area contributed by atoms with Crippen LogP contribution >= 0.6 is 0 Å². The number of hydrogen-bond acceptors (Lipinski definition) is 2. The molecule has 2 aromatic rings. The molecule has 94 valence electrons. The minimum Gasteiger partial charge on any atom is -0.345 e. The van der Waals surface area contributed by atoms with Gasteiger partial charge in [0.2, 0.25) is 5.91 Å². The van der Waals surface area contributed by atoms with Crippen molar-refractivity contribution >= 4 is 11.6 Å². The van der Waals surface area contributed by atoms with E-state index in [2.05, 4.69) is 22.2 Å². The Hall–Kier alpha value is -2.10. The van der Waals surface area contributed by atoms with Gasteiger partial charge in [0.25, 0.3) is 0 Å². The molecule has 0 aliphatic rings. The van der Waals surface area contributed by atoms with Crippen LogP contribution in [-0.4, -0.2) is 15.9 Å². The molecule has 0 spiro atoms. The second kappa shape index (κ2) is 6.00. The van der Waals surface area contributed by atoms with Crippen LogP contribution in [0.15, 0.2) is 36.8 Å². The van der Waals surface area contributed by atoms with E-state index in [4.69, 9.17) is 0 Å². The molecule has 0 aliphatic heterocycles. The van der Waals surface area contributed by atoms with Gasteiger partial charge in [0.15, 0.2) is 0 Å². The number of benzene rings is 1. The van der Waals surface area contributed by atoms with E-state index in [1.54, 1.807) is 12.5 Å². The van der Waals surface area contributed by atoms with Crippen LogP contribution in [0.25, 0.3) is 11.3 Å². The van der Waals surface area contributed by atoms with Crippen LogP contribution in [0.5, 0.6) is 0 Å². The fourth-order valence-electron chi connectivity index (χ4n) is 1.71. The summed E-state index contributed by atoms with van der Waals surface area (Å²) in [5.74, 6) is 0.0751. The van der Waals surface area contributed by atoms with E-state index in [9.17, 15) is 4.79 Å². The van der Waals surface area contributed by atoms with Crippen molar-refractivity contribution in [3.8, 4) is 11.3 Å². The Balaban J connectivity index is 1.98. The number of carbonyl (C=O) groups excluding carboxylic acids is 1. The first kappa shape index (κ1) is 12.4. The van der Waals surface area contributed by atoms with E-state index < -0.39 is 0 Å². The van der Waals surface area contributed by atoms with Gasteiger partial charge in [-0.3, -0.25) is 4.79 Å². The second-order valence-electron chi connectivity index (χ2n) is 4.19. The van der Waals surface area contributed by atoms with Gasteiger partial charge in [-0.1, -0.05) is 25.5 Å². The molecule has 2 N–H and O–H groups in total. The highest BCUT2D eigenvalue weighted by Gasteiger charge is 2.02. The minimum absolute atomic E-state index is 0.0751. The highest BCUT2D eigenvalue weighted by atomic mass is 16.1. The van der Waals surface area contributed by atoms with Gasteiger partial charge in [-0.15, -0.1) is 0 Å². The zero-order valence-electron chi connectivity index (χ0n) is 10.4. The number of amides is 1. The predicted molar refractivity (Wildman–Crippen MR) is 72.2 cm³/mol. The predicted octanol–water partition coefficient (Wildman–Crippen LogP) is 3.21. The fourth-order valence-corrected chi connectivity index (χ4v) is 1.71. The number of aromatic amines is 1. The molecule has 1 aromatic carbocycles. The van der Waals surface area contributed by atoms with Crippen LogP contribution in [0.3, 0.4) is 0 Å². The summed E-state index contributed by atoms with van der Waals surface area (Å²) in [7, 11) is 0. The summed E-state index contributed by atoms with van der Waals surface area (Å²) in [4.78, 5) is 18.6. The molecule has 18 heavy (non-hydrogen) atoms. The Kier molecular flexibility index (Phi) is 4.12. The topological polar surface area (TPSA) is 57.8 Å². The van der Waals surface area contributed by atoms with E-state index in [-0.39, 0.29) is 5.91 Å². The summed E-state index contributed by atoms with van der Waals surface area (Å²) in [5, 5.41) is 2.88. The fraction of sp³-hybridized carbons (Fsp3) is 0.286. The highest BCUT2D eigenvalue weighted by Crippen LogP contribution is 2.18. The molecule has 1 amide bonds. The molecular weight excluding hydrogens is 226 g/mol. The molecule has 0 unspecified atom stereocenters. The number of H-pyrrole nitrogens is 1. The van der Waals surface area contributed by atoms with Crippen LogP contribution in [0.1, 0.15) is 26.2 Å². The zero-order valence-corrected chi connectivity index (χ0v) is 10.4. The van der Waals surface area contributed by atoms with Crippen LogP contribution < -0.4 is 5.32 Å². The number of anilines is 1. The monoisotopic (exact) mass is 243 g/mol. The number of nitrogens with zero attached hydrogens (tertiary/aromatic N) is 1. The molecule has 1 heterocycles. The van der Waals surface area contributed by atoms with Crippen molar-refractivity contribution in [3.05, 3.63) is 36.8 Å². The molecule has 0 saturated heterocycles. The molecule has 0 saturated carbocycles. The van der Waals surface area contributed by atoms with E-state index >= 15 is 0 Å². The summed E-state index contributed by atoms with van der Waals surface area (Å²) < 4.78 is 0. The molecule has 4 heteroatoms. The Morgan fingerprint density at radius 1 is 1.33 bits per heavy atom. The third-order valence-corrected chi connectivity index (χ3v) is 2.74. The van der Waals surface area contributed by atoms with Gasteiger partial charge < -0.3 is 10.3 Å². The lowest BCUT2D eigenvalue weighted by Crippen LogP contribution is -2.10. The Bertz CT molecular complexity index is 488. The Morgan fingerprint density at radius 2 is 2.11 bits per heavy atom. The van der Waals surface area contributed by atoms with Gasteiger partial charge in [-0.05, 0) is 24.1 Å². The molecule has 0 atom stereocenters. The van der Waals surface area contributed by atoms with Crippen LogP contribution in [0.2, 0.25) is 0 Å². The van der Waals surface area contributed by atoms with Crippen LogP contribution in [0.4, 0.5) is 5.69 Å². The van der Waals surface area contributed by atoms with Gasteiger partial charge in [0.05, 0.1) is 18.2 Å². The first-order chi connectivity index (χ1) is 8.79. The lowest BCUT2D eigenvalue weighted by atomic mass is 10.1. The molecule has 1 aromatic heterocycles. The third kappa shape index (κ3) is 3.20. The summed E-state index contributed by atoms with van der Waals surface area (Å²) in [6.07, 6.45) is 5.97. The zero-order chi connectivity index (χ0) is 12.8. The maximum absolute atomic E-state index is 11.6. The van der Waals surface area contributed by atoms with Crippen LogP contribution in [0, 0.1) is 0 Å². The largest absolute Gasteiger partial charge is 0.345 e. The van der Waals surface area contributed by atoms with Crippen molar-refractivity contribution in [2.24, 2.45) is 0 Å². The summed E-state index contributed by atoms with van der Waals surface area (Å²) >= 11 is 0. The van der Waals surface area contributed by atoms with Gasteiger partial charge in [0.1, 0.15) is 0 Å². The van der Waals surface area contributed by atoms with E-state index in [0.717, 1.165) is 29.8 Å². The molecule has 2 rings (SSSR count). The number of rotatable bonds is 5. The number of unbranched alkanes of at least 4 members (excludes halogenated alkanes) is 1. The number of nitrogens with one attached hydrogen (secondary N) is 2. The van der Waals surface area contributed by atoms with Crippen molar-refractivity contribution < 1.29 is 4.79 Å². The van der Waals surface area contributed by atoms with Gasteiger partial charge in [0, 0.05) is 12.1 Å². The minimum atomic E-state index is 0.0751. The van der Waals surface area contributed by atoms with Crippen molar-refractivity contribution in [1.29, 1.82) is 0 Å². The smallest absolute Gasteiger partial charge is 0.224 e. The average Bonchev–Trinajstić information content (AvgIpc) is 2.91. The van der Waals surface area contributed by atoms with Gasteiger partial charge in [-0.2, -0.15) is 0 Å². The van der Waals surface area contributed by atoms with Crippen molar-refractivity contribution in [2.45, 2.75) is 26.2 Å². The van der Waals surface area contributed by atoms with Gasteiger partial charge in [-0.25, -0.2) is 4.98 Å². The first-order valence-electron chi connectivity index (χ1n) is 6.18. The maximum atomic E-state index is 11.6. The lowest BCUT2D eigenvalue weighted by molar-refractivity contribution is -0.116. The Labute approximate surface area is 106 Å². The lowest BCUT2D eigenvalue weighted by Gasteiger charge is -2.05. The highest BCUT2D eigenvalue weighted by molar-refractivity contribution is 5.90. The normalized spacial score (nSPS) is 10.3. The molecule has 0 bridgehead atoms. The molecule has 0 radical (unpaired) electrons. The van der Waals surface area contributed by atoms with Crippen molar-refractivity contribution in [2.75, 3.05) is 5.32 Å². The summed E-state index contributed by atoms with van der Waals surface area (Å²) in [5.41, 5.74) is 2.86. The average molecular weight is 243 g/mol. The first-order valence-corrected chi connectivity index (χ1v) is 6.18. The molecule has 0 fully saturated rings. The van der Waals surface area contributed by atoms with Gasteiger partial charge >= 0.3 is 0 Å². The van der Waals surface area contributed by atoms with Crippen LogP contribution in [-0.2, 0) is 4.79 Å². The molecule has 4 nitrogen and oxygen atoms in total. The van der Waals surface area contributed by atoms with E-state index in [1.165, 1.54) is 0 Å². The molecular formula is C14H17N3O. The summed E-state index contributed by atoms with van der Waals surface area (Å²) in [6, 6.07) is 7.73.